The number of nitrogens with zero attached hydrogens (tertiary/aromatic N) is 1. The molecule has 3 aliphatic heterocycles. The van der Waals surface area contributed by atoms with Crippen LogP contribution >= 0.6 is 0 Å². The summed E-state index contributed by atoms with van der Waals surface area (Å²) in [6.07, 6.45) is 11.8. The third-order valence-corrected chi connectivity index (χ3v) is 11.3. The van der Waals surface area contributed by atoms with E-state index >= 15 is 0 Å². The number of imide groups is 1. The second-order valence-electron chi connectivity index (χ2n) is 12.0. The van der Waals surface area contributed by atoms with Gasteiger partial charge in [-0.3, -0.25) is 14.5 Å². The Morgan fingerprint density at radius 2 is 1.34 bits per heavy atom. The first-order valence-corrected chi connectivity index (χ1v) is 12.7. The molecule has 0 aromatic heterocycles. The van der Waals surface area contributed by atoms with Crippen LogP contribution in [0.25, 0.3) is 0 Å². The monoisotopic (exact) mass is 459 g/mol. The SMILES string of the molecule is CN1C(=O)C23CC45CC2(CC4(C3)C2(c3ccccc3)OC5(c3ccccc3)C=C3C=CC=C32)C1=O. The highest BCUT2D eigenvalue weighted by molar-refractivity contribution is 6.12. The predicted octanol–water partition coefficient (Wildman–Crippen LogP) is 4.79. The van der Waals surface area contributed by atoms with Gasteiger partial charge in [-0.2, -0.15) is 0 Å². The van der Waals surface area contributed by atoms with Gasteiger partial charge < -0.3 is 4.74 Å². The average molecular weight is 460 g/mol. The first kappa shape index (κ1) is 19.0. The Balaban J connectivity index is 1.45. The third-order valence-electron chi connectivity index (χ3n) is 11.3. The zero-order valence-corrected chi connectivity index (χ0v) is 19.6. The van der Waals surface area contributed by atoms with E-state index in [-0.39, 0.29) is 22.6 Å². The number of hydrogen-bond donors (Lipinski definition) is 0. The van der Waals surface area contributed by atoms with E-state index < -0.39 is 22.0 Å². The molecule has 35 heavy (non-hydrogen) atoms. The molecule has 4 unspecified atom stereocenters. The van der Waals surface area contributed by atoms with E-state index in [0.717, 1.165) is 36.8 Å². The fourth-order valence-corrected chi connectivity index (χ4v) is 10.6. The van der Waals surface area contributed by atoms with Gasteiger partial charge >= 0.3 is 0 Å². The molecule has 0 radical (unpaired) electrons. The molecule has 5 aliphatic carbocycles. The molecule has 4 heteroatoms. The molecule has 4 spiro atoms. The van der Waals surface area contributed by atoms with Gasteiger partial charge in [0.05, 0.1) is 10.8 Å². The van der Waals surface area contributed by atoms with Gasteiger partial charge in [-0.15, -0.1) is 0 Å². The van der Waals surface area contributed by atoms with Gasteiger partial charge in [0.15, 0.2) is 0 Å². The Morgan fingerprint density at radius 1 is 0.771 bits per heavy atom. The highest BCUT2D eigenvalue weighted by atomic mass is 16.5. The zero-order valence-electron chi connectivity index (χ0n) is 19.6. The van der Waals surface area contributed by atoms with E-state index in [2.05, 4.69) is 72.8 Å². The number of likely N-dealkylation sites (tertiary alicyclic amines) is 1. The van der Waals surface area contributed by atoms with Crippen LogP contribution in [-0.4, -0.2) is 23.8 Å². The summed E-state index contributed by atoms with van der Waals surface area (Å²) >= 11 is 0. The van der Waals surface area contributed by atoms with Crippen molar-refractivity contribution in [2.24, 2.45) is 21.7 Å². The van der Waals surface area contributed by atoms with Crippen LogP contribution in [0.4, 0.5) is 0 Å². The smallest absolute Gasteiger partial charge is 0.236 e. The van der Waals surface area contributed by atoms with E-state index in [4.69, 9.17) is 4.74 Å². The van der Waals surface area contributed by atoms with Gasteiger partial charge in [0.1, 0.15) is 11.2 Å². The van der Waals surface area contributed by atoms with Crippen LogP contribution in [-0.2, 0) is 25.5 Å². The molecular weight excluding hydrogens is 434 g/mol. The van der Waals surface area contributed by atoms with Crippen LogP contribution in [0.5, 0.6) is 0 Å². The minimum atomic E-state index is -0.700. The van der Waals surface area contributed by atoms with E-state index in [1.54, 1.807) is 7.05 Å². The van der Waals surface area contributed by atoms with Crippen molar-refractivity contribution in [3.8, 4) is 0 Å². The summed E-state index contributed by atoms with van der Waals surface area (Å²) in [5.74, 6) is 0.0794. The Hall–Kier alpha value is -3.24. The molecule has 3 heterocycles. The Kier molecular flexibility index (Phi) is 2.79. The standard InChI is InChI=1S/C31H25NO3/c1-32-24(33)26-16-28-17-27(26,25(32)34)19-29(28,18-26)31(22-12-6-3-7-13-22)23-14-8-9-20(23)15-30(28,35-31)21-10-4-2-5-11-21/h2-15H,16-19H2,1H3. The molecular formula is C31H25NO3. The molecule has 6 bridgehead atoms. The zero-order chi connectivity index (χ0) is 23.5. The van der Waals surface area contributed by atoms with Crippen LogP contribution in [0, 0.1) is 21.7 Å². The molecule has 4 nitrogen and oxygen atoms in total. The van der Waals surface area contributed by atoms with Crippen molar-refractivity contribution in [2.75, 3.05) is 7.05 Å². The topological polar surface area (TPSA) is 46.6 Å². The molecule has 6 fully saturated rings. The quantitative estimate of drug-likeness (QED) is 0.607. The first-order valence-electron chi connectivity index (χ1n) is 12.7. The van der Waals surface area contributed by atoms with Gasteiger partial charge in [0.25, 0.3) is 0 Å². The van der Waals surface area contributed by atoms with Crippen LogP contribution in [0.3, 0.4) is 0 Å². The number of benzene rings is 2. The molecule has 4 atom stereocenters. The van der Waals surface area contributed by atoms with Gasteiger partial charge in [0.2, 0.25) is 11.8 Å². The fraction of sp³-hybridized carbons (Fsp3) is 0.355. The Labute approximate surface area is 204 Å². The molecule has 2 aromatic rings. The lowest BCUT2D eigenvalue weighted by atomic mass is 9.54. The summed E-state index contributed by atoms with van der Waals surface area (Å²) in [4.78, 5) is 29.2. The molecule has 8 aliphatic rings. The summed E-state index contributed by atoms with van der Waals surface area (Å²) < 4.78 is 7.62. The van der Waals surface area contributed by atoms with Gasteiger partial charge in [-0.05, 0) is 54.0 Å². The number of hydrogen-bond acceptors (Lipinski definition) is 3. The number of carbonyl (C=O) groups excluding carboxylic acids is 2. The number of carbonyl (C=O) groups is 2. The summed E-state index contributed by atoms with van der Waals surface area (Å²) in [6.45, 7) is 0. The Bertz CT molecular complexity index is 1470. The summed E-state index contributed by atoms with van der Waals surface area (Å²) in [5.41, 5.74) is 1.43. The largest absolute Gasteiger partial charge is 0.349 e. The van der Waals surface area contributed by atoms with Crippen LogP contribution in [0.1, 0.15) is 36.8 Å². The lowest BCUT2D eigenvalue weighted by molar-refractivity contribution is -0.144. The van der Waals surface area contributed by atoms with E-state index in [1.807, 2.05) is 12.1 Å². The Morgan fingerprint density at radius 3 is 1.97 bits per heavy atom. The molecule has 2 aromatic carbocycles. The second kappa shape index (κ2) is 5.15. The summed E-state index contributed by atoms with van der Waals surface area (Å²) in [7, 11) is 1.69. The lowest BCUT2D eigenvalue weighted by Gasteiger charge is -2.46. The first-order chi connectivity index (χ1) is 16.9. The lowest BCUT2D eigenvalue weighted by Crippen LogP contribution is -2.46. The molecule has 2 amide bonds. The van der Waals surface area contributed by atoms with Crippen LogP contribution in [0.2, 0.25) is 0 Å². The van der Waals surface area contributed by atoms with Crippen molar-refractivity contribution in [1.29, 1.82) is 0 Å². The van der Waals surface area contributed by atoms with Crippen LogP contribution in [0.15, 0.2) is 96.1 Å². The maximum atomic E-state index is 13.9. The van der Waals surface area contributed by atoms with Crippen molar-refractivity contribution < 1.29 is 14.3 Å². The third kappa shape index (κ3) is 1.47. The molecule has 2 saturated heterocycles. The van der Waals surface area contributed by atoms with Crippen molar-refractivity contribution in [3.63, 3.8) is 0 Å². The van der Waals surface area contributed by atoms with Crippen LogP contribution < -0.4 is 0 Å². The maximum absolute atomic E-state index is 13.9. The van der Waals surface area contributed by atoms with Crippen molar-refractivity contribution in [2.45, 2.75) is 36.9 Å². The number of allylic oxidation sites excluding steroid dienone is 3. The molecule has 0 N–H and O–H groups in total. The van der Waals surface area contributed by atoms with Crippen molar-refractivity contribution >= 4 is 11.8 Å². The minimum Gasteiger partial charge on any atom is -0.349 e. The number of amides is 2. The summed E-state index contributed by atoms with van der Waals surface area (Å²) in [5, 5.41) is 0. The average Bonchev–Trinajstić information content (AvgIpc) is 3.70. The minimum absolute atomic E-state index is 0.0397. The normalized spacial score (nSPS) is 46.8. The number of rotatable bonds is 2. The fourth-order valence-electron chi connectivity index (χ4n) is 10.6. The summed E-state index contributed by atoms with van der Waals surface area (Å²) in [6, 6.07) is 21.2. The maximum Gasteiger partial charge on any atom is 0.236 e. The highest BCUT2D eigenvalue weighted by Crippen LogP contribution is 2.98. The van der Waals surface area contributed by atoms with Crippen molar-refractivity contribution in [3.05, 3.63) is 107 Å². The van der Waals surface area contributed by atoms with Gasteiger partial charge in [0, 0.05) is 17.9 Å². The number of fused-ring (bicyclic) bond motifs is 4. The van der Waals surface area contributed by atoms with Gasteiger partial charge in [-0.25, -0.2) is 0 Å². The van der Waals surface area contributed by atoms with Gasteiger partial charge in [-0.1, -0.05) is 78.9 Å². The molecule has 172 valence electrons. The molecule has 4 saturated carbocycles. The molecule has 10 rings (SSSR count). The van der Waals surface area contributed by atoms with E-state index in [9.17, 15) is 9.59 Å². The highest BCUT2D eigenvalue weighted by Gasteiger charge is 3.00. The second-order valence-corrected chi connectivity index (χ2v) is 12.0. The van der Waals surface area contributed by atoms with E-state index in [1.165, 1.54) is 16.0 Å². The predicted molar refractivity (Wildman–Crippen MR) is 129 cm³/mol. The van der Waals surface area contributed by atoms with Crippen molar-refractivity contribution in [1.82, 2.24) is 4.90 Å². The van der Waals surface area contributed by atoms with E-state index in [0.29, 0.717) is 0 Å². The number of ether oxygens (including phenoxy) is 1.